The molecule has 170 valence electrons. The number of carboxylic acids is 1. The Balaban J connectivity index is 1.31. The minimum absolute atomic E-state index is 0.0663. The Kier molecular flexibility index (Phi) is 5.74. The molecule has 5 rings (SSSR count). The maximum Gasteiger partial charge on any atom is 0.304 e. The first kappa shape index (κ1) is 21.4. The van der Waals surface area contributed by atoms with Crippen LogP contribution in [0.3, 0.4) is 0 Å². The van der Waals surface area contributed by atoms with Crippen molar-refractivity contribution >= 4 is 27.8 Å². The fraction of sp³-hybridized carbons (Fsp3) is 0.308. The number of pyridine rings is 1. The molecule has 1 aliphatic heterocycles. The summed E-state index contributed by atoms with van der Waals surface area (Å²) in [6, 6.07) is 18.2. The molecule has 7 nitrogen and oxygen atoms in total. The number of hydrogen-bond acceptors (Lipinski definition) is 4. The number of piperazine rings is 1. The zero-order chi connectivity index (χ0) is 22.9. The van der Waals surface area contributed by atoms with Crippen molar-refractivity contribution in [3.8, 4) is 11.3 Å². The summed E-state index contributed by atoms with van der Waals surface area (Å²) in [4.78, 5) is 34.7. The number of carbonyl (C=O) groups is 1. The quantitative estimate of drug-likeness (QED) is 0.422. The zero-order valence-corrected chi connectivity index (χ0v) is 18.7. The molecule has 0 aliphatic carbocycles. The van der Waals surface area contributed by atoms with Crippen LogP contribution in [-0.2, 0) is 11.3 Å². The third-order valence-electron chi connectivity index (χ3n) is 6.64. The third-order valence-corrected chi connectivity index (χ3v) is 6.64. The van der Waals surface area contributed by atoms with Gasteiger partial charge in [0.15, 0.2) is 0 Å². The van der Waals surface area contributed by atoms with Gasteiger partial charge in [-0.05, 0) is 42.1 Å². The highest BCUT2D eigenvalue weighted by Gasteiger charge is 2.22. The molecule has 4 aromatic rings. The van der Waals surface area contributed by atoms with Crippen LogP contribution >= 0.6 is 0 Å². The third kappa shape index (κ3) is 4.55. The predicted octanol–water partition coefficient (Wildman–Crippen LogP) is 3.66. The van der Waals surface area contributed by atoms with Crippen molar-refractivity contribution in [1.82, 2.24) is 19.8 Å². The first-order valence-corrected chi connectivity index (χ1v) is 11.4. The van der Waals surface area contributed by atoms with E-state index in [4.69, 9.17) is 5.11 Å². The average Bonchev–Trinajstić information content (AvgIpc) is 3.22. The molecule has 0 spiro atoms. The molecular weight excluding hydrogens is 416 g/mol. The second kappa shape index (κ2) is 8.84. The standard InChI is InChI=1S/C26H28N4O3/c1-17(12-25(31)32)30-10-8-29(9-11-30)16-18-6-7-20-15-24(27-23(20)13-18)21-14-19-4-2-3-5-22(19)28-26(21)33/h2-7,13-15,17,27H,8-12,16H2,1H3,(H,28,33)(H,31,32). The lowest BCUT2D eigenvalue weighted by Gasteiger charge is -2.37. The van der Waals surface area contributed by atoms with Gasteiger partial charge in [0, 0.05) is 55.2 Å². The molecule has 7 heteroatoms. The van der Waals surface area contributed by atoms with Crippen LogP contribution < -0.4 is 5.56 Å². The van der Waals surface area contributed by atoms with E-state index in [9.17, 15) is 9.59 Å². The van der Waals surface area contributed by atoms with Gasteiger partial charge in [0.1, 0.15) is 0 Å². The van der Waals surface area contributed by atoms with Crippen LogP contribution in [0.15, 0.2) is 59.4 Å². The van der Waals surface area contributed by atoms with Gasteiger partial charge in [0.05, 0.1) is 17.7 Å². The van der Waals surface area contributed by atoms with Crippen LogP contribution in [0.1, 0.15) is 18.9 Å². The van der Waals surface area contributed by atoms with Crippen LogP contribution in [0, 0.1) is 0 Å². The largest absolute Gasteiger partial charge is 0.481 e. The van der Waals surface area contributed by atoms with Crippen molar-refractivity contribution in [1.29, 1.82) is 0 Å². The molecule has 1 atom stereocenters. The molecule has 3 heterocycles. The van der Waals surface area contributed by atoms with E-state index in [1.54, 1.807) is 0 Å². The van der Waals surface area contributed by atoms with Gasteiger partial charge >= 0.3 is 5.97 Å². The van der Waals surface area contributed by atoms with Gasteiger partial charge in [-0.15, -0.1) is 0 Å². The van der Waals surface area contributed by atoms with Crippen LogP contribution in [0.5, 0.6) is 0 Å². The van der Waals surface area contributed by atoms with Crippen LogP contribution in [0.25, 0.3) is 33.1 Å². The Morgan fingerprint density at radius 3 is 2.52 bits per heavy atom. The van der Waals surface area contributed by atoms with Crippen molar-refractivity contribution in [3.05, 3.63) is 70.5 Å². The average molecular weight is 445 g/mol. The smallest absolute Gasteiger partial charge is 0.304 e. The van der Waals surface area contributed by atoms with E-state index in [0.29, 0.717) is 5.56 Å². The molecule has 1 saturated heterocycles. The highest BCUT2D eigenvalue weighted by atomic mass is 16.4. The number of rotatable bonds is 6. The van der Waals surface area contributed by atoms with Gasteiger partial charge < -0.3 is 15.1 Å². The van der Waals surface area contributed by atoms with Crippen LogP contribution in [0.4, 0.5) is 0 Å². The second-order valence-corrected chi connectivity index (χ2v) is 8.96. The predicted molar refractivity (Wildman–Crippen MR) is 130 cm³/mol. The summed E-state index contributed by atoms with van der Waals surface area (Å²) in [5, 5.41) is 11.1. The lowest BCUT2D eigenvalue weighted by molar-refractivity contribution is -0.138. The van der Waals surface area contributed by atoms with Crippen molar-refractivity contribution in [3.63, 3.8) is 0 Å². The first-order chi connectivity index (χ1) is 16.0. The number of nitrogens with zero attached hydrogens (tertiary/aromatic N) is 2. The SMILES string of the molecule is CC(CC(=O)O)N1CCN(Cc2ccc3cc(-c4cc5ccccc5[nH]c4=O)[nH]c3c2)CC1. The number of para-hydroxylation sites is 1. The monoisotopic (exact) mass is 444 g/mol. The molecule has 2 aromatic carbocycles. The lowest BCUT2D eigenvalue weighted by atomic mass is 10.1. The lowest BCUT2D eigenvalue weighted by Crippen LogP contribution is -2.49. The summed E-state index contributed by atoms with van der Waals surface area (Å²) < 4.78 is 0. The number of aromatic nitrogens is 2. The van der Waals surface area contributed by atoms with Gasteiger partial charge in [-0.2, -0.15) is 0 Å². The normalized spacial score (nSPS) is 16.4. The van der Waals surface area contributed by atoms with Crippen molar-refractivity contribution in [2.75, 3.05) is 26.2 Å². The Morgan fingerprint density at radius 2 is 1.73 bits per heavy atom. The summed E-state index contributed by atoms with van der Waals surface area (Å²) in [6.07, 6.45) is 0.186. The molecule has 0 saturated carbocycles. The highest BCUT2D eigenvalue weighted by Crippen LogP contribution is 2.25. The van der Waals surface area contributed by atoms with E-state index in [0.717, 1.165) is 60.2 Å². The molecule has 1 aliphatic rings. The van der Waals surface area contributed by atoms with E-state index in [1.807, 2.05) is 43.3 Å². The Morgan fingerprint density at radius 1 is 0.970 bits per heavy atom. The number of hydrogen-bond donors (Lipinski definition) is 3. The fourth-order valence-corrected chi connectivity index (χ4v) is 4.77. The molecule has 3 N–H and O–H groups in total. The fourth-order valence-electron chi connectivity index (χ4n) is 4.77. The summed E-state index contributed by atoms with van der Waals surface area (Å²) >= 11 is 0. The van der Waals surface area contributed by atoms with E-state index in [-0.39, 0.29) is 18.0 Å². The summed E-state index contributed by atoms with van der Waals surface area (Å²) in [5.74, 6) is -0.741. The summed E-state index contributed by atoms with van der Waals surface area (Å²) in [7, 11) is 0. The molecular formula is C26H28N4O3. The Labute approximate surface area is 191 Å². The van der Waals surface area contributed by atoms with Crippen molar-refractivity contribution in [2.24, 2.45) is 0 Å². The highest BCUT2D eigenvalue weighted by molar-refractivity contribution is 5.89. The number of aliphatic carboxylic acids is 1. The van der Waals surface area contributed by atoms with E-state index in [2.05, 4.69) is 38.0 Å². The van der Waals surface area contributed by atoms with Gasteiger partial charge in [-0.3, -0.25) is 19.4 Å². The Hall–Kier alpha value is -3.42. The molecule has 1 unspecified atom stereocenters. The van der Waals surface area contributed by atoms with E-state index >= 15 is 0 Å². The molecule has 0 bridgehead atoms. The summed E-state index contributed by atoms with van der Waals surface area (Å²) in [5.41, 5.74) is 4.42. The molecule has 2 aromatic heterocycles. The number of carboxylic acid groups (broad SMARTS) is 1. The zero-order valence-electron chi connectivity index (χ0n) is 18.7. The van der Waals surface area contributed by atoms with Crippen molar-refractivity contribution < 1.29 is 9.90 Å². The molecule has 0 amide bonds. The minimum atomic E-state index is -0.741. The van der Waals surface area contributed by atoms with Gasteiger partial charge in [0.2, 0.25) is 0 Å². The van der Waals surface area contributed by atoms with Crippen molar-refractivity contribution in [2.45, 2.75) is 25.9 Å². The topological polar surface area (TPSA) is 92.4 Å². The van der Waals surface area contributed by atoms with Gasteiger partial charge in [-0.25, -0.2) is 0 Å². The van der Waals surface area contributed by atoms with Gasteiger partial charge in [0.25, 0.3) is 5.56 Å². The summed E-state index contributed by atoms with van der Waals surface area (Å²) in [6.45, 7) is 6.44. The Bertz CT molecular complexity index is 1360. The number of aromatic amines is 2. The maximum absolute atomic E-state index is 12.7. The van der Waals surface area contributed by atoms with E-state index in [1.165, 1.54) is 5.56 Å². The number of benzene rings is 2. The van der Waals surface area contributed by atoms with E-state index < -0.39 is 5.97 Å². The maximum atomic E-state index is 12.7. The number of H-pyrrole nitrogens is 2. The first-order valence-electron chi connectivity index (χ1n) is 11.4. The van der Waals surface area contributed by atoms with Crippen LogP contribution in [0.2, 0.25) is 0 Å². The van der Waals surface area contributed by atoms with Gasteiger partial charge in [-0.1, -0.05) is 30.3 Å². The number of nitrogens with one attached hydrogen (secondary N) is 2. The number of fused-ring (bicyclic) bond motifs is 2. The molecule has 1 fully saturated rings. The minimum Gasteiger partial charge on any atom is -0.481 e. The molecule has 33 heavy (non-hydrogen) atoms. The second-order valence-electron chi connectivity index (χ2n) is 8.96. The molecule has 0 radical (unpaired) electrons. The van der Waals surface area contributed by atoms with Crippen LogP contribution in [-0.4, -0.2) is 63.1 Å².